The minimum atomic E-state index is -4.12. The van der Waals surface area contributed by atoms with E-state index in [-0.39, 0.29) is 30.5 Å². The first kappa shape index (κ1) is 20.8. The normalized spacial score (nSPS) is 16.7. The molecule has 21 heavy (non-hydrogen) atoms. The van der Waals surface area contributed by atoms with E-state index in [0.717, 1.165) is 12.3 Å². The van der Waals surface area contributed by atoms with Crippen molar-refractivity contribution < 1.29 is 13.2 Å². The first-order chi connectivity index (χ1) is 9.51. The molecule has 0 aromatic heterocycles. The number of nitrogens with zero attached hydrogens (tertiary/aromatic N) is 1. The summed E-state index contributed by atoms with van der Waals surface area (Å²) in [7, 11) is 0. The first-order valence-corrected chi connectivity index (χ1v) is 7.60. The average Bonchev–Trinajstić information content (AvgIpc) is 2.86. The van der Waals surface area contributed by atoms with Crippen molar-refractivity contribution in [2.45, 2.75) is 58.0 Å². The molecule has 7 heteroatoms. The Kier molecular flexibility index (Phi) is 11.3. The lowest BCUT2D eigenvalue weighted by Crippen LogP contribution is -2.39. The minimum absolute atomic E-state index is 0. The number of guanidine groups is 1. The zero-order valence-corrected chi connectivity index (χ0v) is 15.0. The lowest BCUT2D eigenvalue weighted by atomic mass is 10.0. The smallest absolute Gasteiger partial charge is 0.357 e. The third-order valence-electron chi connectivity index (χ3n) is 3.56. The van der Waals surface area contributed by atoms with Crippen LogP contribution in [0.4, 0.5) is 13.2 Å². The highest BCUT2D eigenvalue weighted by atomic mass is 127. The van der Waals surface area contributed by atoms with Crippen molar-refractivity contribution in [2.24, 2.45) is 10.9 Å². The molecule has 3 nitrogen and oxygen atoms in total. The van der Waals surface area contributed by atoms with Gasteiger partial charge in [0.05, 0.1) is 6.42 Å². The second-order valence-corrected chi connectivity index (χ2v) is 5.35. The summed E-state index contributed by atoms with van der Waals surface area (Å²) >= 11 is 0. The highest BCUT2D eigenvalue weighted by molar-refractivity contribution is 14.0. The van der Waals surface area contributed by atoms with Gasteiger partial charge >= 0.3 is 6.18 Å². The van der Waals surface area contributed by atoms with Gasteiger partial charge in [-0.25, -0.2) is 0 Å². The standard InChI is InChI=1S/C14H26F3N3.HI/c1-2-18-13(20-11-9-14(15,16)17)19-10-5-8-12-6-3-4-7-12;/h12H,2-11H2,1H3,(H2,18,19,20);1H. The summed E-state index contributed by atoms with van der Waals surface area (Å²) in [5, 5.41) is 5.69. The van der Waals surface area contributed by atoms with E-state index < -0.39 is 12.6 Å². The van der Waals surface area contributed by atoms with Crippen LogP contribution in [0, 0.1) is 5.92 Å². The van der Waals surface area contributed by atoms with Crippen molar-refractivity contribution in [1.29, 1.82) is 0 Å². The molecular formula is C14H27F3IN3. The quantitative estimate of drug-likeness (QED) is 0.281. The summed E-state index contributed by atoms with van der Waals surface area (Å²) in [4.78, 5) is 4.32. The van der Waals surface area contributed by atoms with Crippen LogP contribution in [-0.4, -0.2) is 31.8 Å². The number of hydrogen-bond donors (Lipinski definition) is 2. The van der Waals surface area contributed by atoms with E-state index in [4.69, 9.17) is 0 Å². The highest BCUT2D eigenvalue weighted by Crippen LogP contribution is 2.28. The third-order valence-corrected chi connectivity index (χ3v) is 3.56. The Morgan fingerprint density at radius 2 is 1.86 bits per heavy atom. The molecule has 0 radical (unpaired) electrons. The number of rotatable bonds is 7. The molecular weight excluding hydrogens is 394 g/mol. The predicted octanol–water partition coefficient (Wildman–Crippen LogP) is 4.08. The number of hydrogen-bond acceptors (Lipinski definition) is 1. The van der Waals surface area contributed by atoms with Crippen LogP contribution in [-0.2, 0) is 0 Å². The Balaban J connectivity index is 0.00000400. The Labute approximate surface area is 142 Å². The van der Waals surface area contributed by atoms with Crippen molar-refractivity contribution in [3.05, 3.63) is 0 Å². The molecule has 0 aliphatic heterocycles. The maximum atomic E-state index is 12.1. The van der Waals surface area contributed by atoms with Crippen LogP contribution < -0.4 is 10.6 Å². The maximum absolute atomic E-state index is 12.1. The second kappa shape index (κ2) is 11.4. The van der Waals surface area contributed by atoms with Crippen LogP contribution in [0.25, 0.3) is 0 Å². The van der Waals surface area contributed by atoms with E-state index in [9.17, 15) is 13.2 Å². The van der Waals surface area contributed by atoms with Crippen LogP contribution in [0.2, 0.25) is 0 Å². The molecule has 1 aliphatic rings. The fraction of sp³-hybridized carbons (Fsp3) is 0.929. The van der Waals surface area contributed by atoms with Crippen molar-refractivity contribution >= 4 is 29.9 Å². The average molecular weight is 421 g/mol. The highest BCUT2D eigenvalue weighted by Gasteiger charge is 2.26. The van der Waals surface area contributed by atoms with Gasteiger partial charge in [-0.1, -0.05) is 25.7 Å². The molecule has 2 N–H and O–H groups in total. The first-order valence-electron chi connectivity index (χ1n) is 7.60. The van der Waals surface area contributed by atoms with Crippen LogP contribution >= 0.6 is 24.0 Å². The summed E-state index contributed by atoms with van der Waals surface area (Å²) in [6.07, 6.45) is 2.59. The Hall–Kier alpha value is -0.210. The molecule has 1 saturated carbocycles. The monoisotopic (exact) mass is 421 g/mol. The van der Waals surface area contributed by atoms with Crippen molar-refractivity contribution in [3.8, 4) is 0 Å². The van der Waals surface area contributed by atoms with Gasteiger partial charge in [0.15, 0.2) is 5.96 Å². The number of aliphatic imine (C=N–C) groups is 1. The SMILES string of the molecule is CCNC(=NCCCC1CCCC1)NCCC(F)(F)F.I. The summed E-state index contributed by atoms with van der Waals surface area (Å²) in [6.45, 7) is 3.11. The summed E-state index contributed by atoms with van der Waals surface area (Å²) in [6, 6.07) is 0. The second-order valence-electron chi connectivity index (χ2n) is 5.35. The van der Waals surface area contributed by atoms with E-state index in [0.29, 0.717) is 19.0 Å². The van der Waals surface area contributed by atoms with Gasteiger partial charge in [-0.05, 0) is 25.7 Å². The fourth-order valence-corrected chi connectivity index (χ4v) is 2.53. The van der Waals surface area contributed by atoms with Gasteiger partial charge in [-0.15, -0.1) is 24.0 Å². The van der Waals surface area contributed by atoms with Crippen molar-refractivity contribution in [3.63, 3.8) is 0 Å². The molecule has 1 aliphatic carbocycles. The maximum Gasteiger partial charge on any atom is 0.390 e. The molecule has 0 atom stereocenters. The van der Waals surface area contributed by atoms with Crippen LogP contribution in [0.15, 0.2) is 4.99 Å². The molecule has 0 saturated heterocycles. The summed E-state index contributed by atoms with van der Waals surface area (Å²) in [5.74, 6) is 1.33. The molecule has 0 spiro atoms. The third kappa shape index (κ3) is 11.1. The molecule has 0 aromatic rings. The van der Waals surface area contributed by atoms with E-state index in [1.54, 1.807) is 0 Å². The van der Waals surface area contributed by atoms with Crippen LogP contribution in [0.1, 0.15) is 51.9 Å². The van der Waals surface area contributed by atoms with E-state index in [2.05, 4.69) is 15.6 Å². The van der Waals surface area contributed by atoms with Crippen LogP contribution in [0.3, 0.4) is 0 Å². The van der Waals surface area contributed by atoms with Gasteiger partial charge in [0, 0.05) is 19.6 Å². The van der Waals surface area contributed by atoms with Gasteiger partial charge in [-0.3, -0.25) is 4.99 Å². The fourth-order valence-electron chi connectivity index (χ4n) is 2.53. The molecule has 0 amide bonds. The van der Waals surface area contributed by atoms with Gasteiger partial charge in [0.25, 0.3) is 0 Å². The molecule has 0 heterocycles. The molecule has 0 aromatic carbocycles. The topological polar surface area (TPSA) is 36.4 Å². The predicted molar refractivity (Wildman–Crippen MR) is 91.3 cm³/mol. The molecule has 126 valence electrons. The van der Waals surface area contributed by atoms with Gasteiger partial charge in [-0.2, -0.15) is 13.2 Å². The number of nitrogens with one attached hydrogen (secondary N) is 2. The lowest BCUT2D eigenvalue weighted by Gasteiger charge is -2.13. The zero-order chi connectivity index (χ0) is 14.8. The van der Waals surface area contributed by atoms with Gasteiger partial charge < -0.3 is 10.6 Å². The Morgan fingerprint density at radius 3 is 2.43 bits per heavy atom. The van der Waals surface area contributed by atoms with Crippen molar-refractivity contribution in [2.75, 3.05) is 19.6 Å². The summed E-state index contributed by atoms with van der Waals surface area (Å²) in [5.41, 5.74) is 0. The van der Waals surface area contributed by atoms with E-state index in [1.165, 1.54) is 32.1 Å². The minimum Gasteiger partial charge on any atom is -0.357 e. The molecule has 0 bridgehead atoms. The number of halogens is 4. The Morgan fingerprint density at radius 1 is 1.19 bits per heavy atom. The van der Waals surface area contributed by atoms with Gasteiger partial charge in [0.1, 0.15) is 0 Å². The molecule has 1 rings (SSSR count). The molecule has 0 unspecified atom stereocenters. The van der Waals surface area contributed by atoms with E-state index >= 15 is 0 Å². The lowest BCUT2D eigenvalue weighted by molar-refractivity contribution is -0.132. The number of alkyl halides is 3. The molecule has 1 fully saturated rings. The van der Waals surface area contributed by atoms with Crippen LogP contribution in [0.5, 0.6) is 0 Å². The Bertz CT molecular complexity index is 290. The van der Waals surface area contributed by atoms with Crippen molar-refractivity contribution in [1.82, 2.24) is 10.6 Å². The van der Waals surface area contributed by atoms with E-state index in [1.807, 2.05) is 6.92 Å². The van der Waals surface area contributed by atoms with Gasteiger partial charge in [0.2, 0.25) is 0 Å². The summed E-state index contributed by atoms with van der Waals surface area (Å²) < 4.78 is 36.2. The zero-order valence-electron chi connectivity index (χ0n) is 12.6. The largest absolute Gasteiger partial charge is 0.390 e.